The molecule has 4 aromatic rings. The van der Waals surface area contributed by atoms with E-state index in [9.17, 15) is 9.59 Å². The Balaban J connectivity index is 1.51. The molecule has 0 aliphatic carbocycles. The lowest BCUT2D eigenvalue weighted by atomic mass is 10.1. The zero-order valence-electron chi connectivity index (χ0n) is 17.1. The Bertz CT molecular complexity index is 1250. The molecule has 0 spiro atoms. The molecule has 3 aromatic carbocycles. The minimum Gasteiger partial charge on any atom is -0.459 e. The Morgan fingerprint density at radius 1 is 0.818 bits per heavy atom. The molecule has 0 fully saturated rings. The number of hydrogen-bond donors (Lipinski definition) is 2. The fourth-order valence-electron chi connectivity index (χ4n) is 3.05. The Hall–Kier alpha value is -3.19. The van der Waals surface area contributed by atoms with Crippen LogP contribution in [0.3, 0.4) is 0 Å². The van der Waals surface area contributed by atoms with Crippen LogP contribution in [-0.4, -0.2) is 11.8 Å². The molecule has 8 heteroatoms. The molecule has 2 N–H and O–H groups in total. The van der Waals surface area contributed by atoms with Crippen molar-refractivity contribution < 1.29 is 14.0 Å². The van der Waals surface area contributed by atoms with E-state index in [2.05, 4.69) is 10.6 Å². The van der Waals surface area contributed by atoms with Crippen molar-refractivity contribution in [3.63, 3.8) is 0 Å². The molecular formula is C25H18Cl2N2O3S. The fourth-order valence-corrected chi connectivity index (χ4v) is 4.43. The molecular weight excluding hydrogens is 479 g/mol. The monoisotopic (exact) mass is 496 g/mol. The van der Waals surface area contributed by atoms with Crippen LogP contribution in [0.5, 0.6) is 0 Å². The van der Waals surface area contributed by atoms with Gasteiger partial charge < -0.3 is 15.1 Å². The summed E-state index contributed by atoms with van der Waals surface area (Å²) >= 11 is 13.7. The van der Waals surface area contributed by atoms with Crippen molar-refractivity contribution in [2.24, 2.45) is 0 Å². The number of amides is 2. The van der Waals surface area contributed by atoms with Gasteiger partial charge in [0.05, 0.1) is 22.0 Å². The van der Waals surface area contributed by atoms with Crippen LogP contribution in [0.4, 0.5) is 11.4 Å². The second-order valence-electron chi connectivity index (χ2n) is 6.96. The third-order valence-electron chi connectivity index (χ3n) is 4.66. The second-order valence-corrected chi connectivity index (χ2v) is 8.92. The van der Waals surface area contributed by atoms with E-state index in [-0.39, 0.29) is 17.6 Å². The van der Waals surface area contributed by atoms with E-state index in [1.807, 2.05) is 42.5 Å². The normalized spacial score (nSPS) is 11.6. The van der Waals surface area contributed by atoms with E-state index in [1.165, 1.54) is 18.0 Å². The van der Waals surface area contributed by atoms with Crippen LogP contribution in [-0.2, 0) is 4.79 Å². The first-order valence-electron chi connectivity index (χ1n) is 9.92. The third kappa shape index (κ3) is 5.79. The number of rotatable bonds is 7. The van der Waals surface area contributed by atoms with E-state index in [1.54, 1.807) is 42.5 Å². The van der Waals surface area contributed by atoms with Gasteiger partial charge >= 0.3 is 0 Å². The first-order valence-corrected chi connectivity index (χ1v) is 11.6. The number of halogens is 2. The van der Waals surface area contributed by atoms with Crippen LogP contribution < -0.4 is 10.6 Å². The molecule has 2 amide bonds. The van der Waals surface area contributed by atoms with Crippen LogP contribution in [0.1, 0.15) is 21.4 Å². The summed E-state index contributed by atoms with van der Waals surface area (Å²) in [6.45, 7) is 0. The minimum absolute atomic E-state index is 0.231. The van der Waals surface area contributed by atoms with Crippen molar-refractivity contribution in [2.45, 2.75) is 10.1 Å². The highest BCUT2D eigenvalue weighted by atomic mass is 35.5. The fraction of sp³-hybridized carbons (Fsp3) is 0.0400. The van der Waals surface area contributed by atoms with Crippen molar-refractivity contribution in [2.75, 3.05) is 10.6 Å². The van der Waals surface area contributed by atoms with E-state index in [4.69, 9.17) is 27.6 Å². The summed E-state index contributed by atoms with van der Waals surface area (Å²) in [6.07, 6.45) is 1.44. The largest absolute Gasteiger partial charge is 0.459 e. The van der Waals surface area contributed by atoms with Crippen molar-refractivity contribution in [3.05, 3.63) is 113 Å². The van der Waals surface area contributed by atoms with Gasteiger partial charge in [0, 0.05) is 10.6 Å². The maximum atomic E-state index is 13.2. The van der Waals surface area contributed by atoms with E-state index in [0.717, 1.165) is 10.5 Å². The average Bonchev–Trinajstić information content (AvgIpc) is 3.37. The lowest BCUT2D eigenvalue weighted by molar-refractivity contribution is -0.115. The predicted octanol–water partition coefficient (Wildman–Crippen LogP) is 7.31. The van der Waals surface area contributed by atoms with E-state index in [0.29, 0.717) is 21.4 Å². The molecule has 0 bridgehead atoms. The van der Waals surface area contributed by atoms with Gasteiger partial charge in [-0.3, -0.25) is 9.59 Å². The van der Waals surface area contributed by atoms with Crippen molar-refractivity contribution >= 4 is 58.2 Å². The average molecular weight is 497 g/mol. The minimum atomic E-state index is -0.537. The lowest BCUT2D eigenvalue weighted by Crippen LogP contribution is -2.19. The summed E-state index contributed by atoms with van der Waals surface area (Å²) in [7, 11) is 0. The molecule has 0 aliphatic rings. The molecule has 1 heterocycles. The molecule has 166 valence electrons. The Kier molecular flexibility index (Phi) is 7.40. The highest BCUT2D eigenvalue weighted by Gasteiger charge is 2.23. The molecule has 1 aromatic heterocycles. The van der Waals surface area contributed by atoms with E-state index >= 15 is 0 Å². The zero-order chi connectivity index (χ0) is 23.2. The molecule has 0 saturated carbocycles. The third-order valence-corrected chi connectivity index (χ3v) is 6.75. The quantitative estimate of drug-likeness (QED) is 0.263. The van der Waals surface area contributed by atoms with Crippen molar-refractivity contribution in [3.8, 4) is 0 Å². The summed E-state index contributed by atoms with van der Waals surface area (Å²) < 4.78 is 5.11. The zero-order valence-corrected chi connectivity index (χ0v) is 19.5. The Labute approximate surface area is 205 Å². The summed E-state index contributed by atoms with van der Waals surface area (Å²) in [5, 5.41) is 5.78. The maximum absolute atomic E-state index is 13.2. The smallest absolute Gasteiger partial charge is 0.291 e. The number of thioether (sulfide) groups is 1. The number of anilines is 2. The first kappa shape index (κ1) is 23.0. The topological polar surface area (TPSA) is 71.3 Å². The van der Waals surface area contributed by atoms with Gasteiger partial charge in [-0.05, 0) is 54.1 Å². The summed E-state index contributed by atoms with van der Waals surface area (Å²) in [5.41, 5.74) is 1.91. The van der Waals surface area contributed by atoms with Crippen LogP contribution in [0.15, 0.2) is 101 Å². The highest BCUT2D eigenvalue weighted by Crippen LogP contribution is 2.38. The summed E-state index contributed by atoms with van der Waals surface area (Å²) in [5.74, 6) is -0.333. The number of benzene rings is 3. The standard InChI is InChI=1S/C25H18Cl2N2O3S/c26-19-8-4-9-20(22(19)27)29-25(31)23(16-6-2-1-3-7-16)33-18-13-11-17(12-14-18)28-24(30)21-10-5-15-32-21/h1-15,23H,(H,28,30)(H,29,31). The van der Waals surface area contributed by atoms with Crippen LogP contribution in [0.25, 0.3) is 0 Å². The molecule has 0 saturated heterocycles. The van der Waals surface area contributed by atoms with Gasteiger partial charge in [-0.2, -0.15) is 0 Å². The molecule has 1 atom stereocenters. The Morgan fingerprint density at radius 3 is 2.27 bits per heavy atom. The molecule has 5 nitrogen and oxygen atoms in total. The number of carbonyl (C=O) groups excluding carboxylic acids is 2. The van der Waals surface area contributed by atoms with Crippen LogP contribution in [0.2, 0.25) is 10.0 Å². The van der Waals surface area contributed by atoms with Gasteiger partial charge in [-0.15, -0.1) is 11.8 Å². The molecule has 0 aliphatic heterocycles. The number of furan rings is 1. The number of hydrogen-bond acceptors (Lipinski definition) is 4. The Morgan fingerprint density at radius 2 is 1.58 bits per heavy atom. The molecule has 1 unspecified atom stereocenters. The molecule has 33 heavy (non-hydrogen) atoms. The van der Waals surface area contributed by atoms with Gasteiger partial charge in [0.1, 0.15) is 5.25 Å². The van der Waals surface area contributed by atoms with Gasteiger partial charge in [0.15, 0.2) is 5.76 Å². The van der Waals surface area contributed by atoms with Gasteiger partial charge in [-0.25, -0.2) is 0 Å². The van der Waals surface area contributed by atoms with Crippen LogP contribution in [0, 0.1) is 0 Å². The van der Waals surface area contributed by atoms with Crippen molar-refractivity contribution in [1.82, 2.24) is 0 Å². The molecule has 4 rings (SSSR count). The van der Waals surface area contributed by atoms with Gasteiger partial charge in [0.25, 0.3) is 5.91 Å². The predicted molar refractivity (Wildman–Crippen MR) is 133 cm³/mol. The lowest BCUT2D eigenvalue weighted by Gasteiger charge is -2.18. The first-order chi connectivity index (χ1) is 16.0. The van der Waals surface area contributed by atoms with E-state index < -0.39 is 5.25 Å². The second kappa shape index (κ2) is 10.6. The van der Waals surface area contributed by atoms with Crippen molar-refractivity contribution in [1.29, 1.82) is 0 Å². The number of carbonyl (C=O) groups is 2. The summed E-state index contributed by atoms with van der Waals surface area (Å²) in [4.78, 5) is 26.2. The molecule has 0 radical (unpaired) electrons. The number of nitrogens with one attached hydrogen (secondary N) is 2. The van der Waals surface area contributed by atoms with Gasteiger partial charge in [-0.1, -0.05) is 59.6 Å². The van der Waals surface area contributed by atoms with Crippen LogP contribution >= 0.6 is 35.0 Å². The van der Waals surface area contributed by atoms with Gasteiger partial charge in [0.2, 0.25) is 5.91 Å². The summed E-state index contributed by atoms with van der Waals surface area (Å²) in [6, 6.07) is 25.0. The highest BCUT2D eigenvalue weighted by molar-refractivity contribution is 8.00. The SMILES string of the molecule is O=C(Nc1ccc(SC(C(=O)Nc2cccc(Cl)c2Cl)c2ccccc2)cc1)c1ccco1. The maximum Gasteiger partial charge on any atom is 0.291 e.